The van der Waals surface area contributed by atoms with Crippen molar-refractivity contribution in [2.24, 2.45) is 0 Å². The number of nitrogens with zero attached hydrogens (tertiary/aromatic N) is 1. The standard InChI is InChI=1S/C18H28N2O3/c1-5-6-11-23-16-8-7-15(12-17(16)22-4)18(21)20-10-9-19-13(2)14(20)3/h7-8,12-14,19H,5-6,9-11H2,1-4H3. The van der Waals surface area contributed by atoms with Crippen molar-refractivity contribution in [1.29, 1.82) is 0 Å². The number of unbranched alkanes of at least 4 members (excludes halogenated alkanes) is 1. The minimum Gasteiger partial charge on any atom is -0.493 e. The number of rotatable bonds is 6. The number of hydrogen-bond donors (Lipinski definition) is 1. The van der Waals surface area contributed by atoms with Crippen LogP contribution in [0, 0.1) is 0 Å². The first-order valence-corrected chi connectivity index (χ1v) is 8.43. The first-order valence-electron chi connectivity index (χ1n) is 8.43. The Bertz CT molecular complexity index is 533. The van der Waals surface area contributed by atoms with Crippen LogP contribution in [0.2, 0.25) is 0 Å². The molecule has 2 rings (SSSR count). The summed E-state index contributed by atoms with van der Waals surface area (Å²) in [6, 6.07) is 5.90. The van der Waals surface area contributed by atoms with Crippen molar-refractivity contribution in [2.75, 3.05) is 26.8 Å². The van der Waals surface area contributed by atoms with E-state index in [1.165, 1.54) is 0 Å². The van der Waals surface area contributed by atoms with Crippen molar-refractivity contribution in [3.8, 4) is 11.5 Å². The van der Waals surface area contributed by atoms with Crippen molar-refractivity contribution in [3.63, 3.8) is 0 Å². The van der Waals surface area contributed by atoms with E-state index in [1.54, 1.807) is 13.2 Å². The highest BCUT2D eigenvalue weighted by molar-refractivity contribution is 5.95. The number of nitrogens with one attached hydrogen (secondary N) is 1. The van der Waals surface area contributed by atoms with Gasteiger partial charge in [-0.3, -0.25) is 4.79 Å². The number of hydrogen-bond acceptors (Lipinski definition) is 4. The van der Waals surface area contributed by atoms with Gasteiger partial charge in [0, 0.05) is 30.7 Å². The van der Waals surface area contributed by atoms with Gasteiger partial charge in [-0.15, -0.1) is 0 Å². The van der Waals surface area contributed by atoms with Crippen LogP contribution < -0.4 is 14.8 Å². The zero-order valence-corrected chi connectivity index (χ0v) is 14.6. The second-order valence-electron chi connectivity index (χ2n) is 6.05. The van der Waals surface area contributed by atoms with Gasteiger partial charge in [0.1, 0.15) is 0 Å². The van der Waals surface area contributed by atoms with Crippen LogP contribution in [0.3, 0.4) is 0 Å². The molecule has 1 aromatic rings. The number of amides is 1. The molecule has 0 saturated carbocycles. The molecule has 1 fully saturated rings. The molecule has 5 nitrogen and oxygen atoms in total. The lowest BCUT2D eigenvalue weighted by Crippen LogP contribution is -2.57. The van der Waals surface area contributed by atoms with Crippen molar-refractivity contribution in [2.45, 2.75) is 45.7 Å². The smallest absolute Gasteiger partial charge is 0.254 e. The van der Waals surface area contributed by atoms with Crippen molar-refractivity contribution < 1.29 is 14.3 Å². The molecule has 1 N–H and O–H groups in total. The predicted molar refractivity (Wildman–Crippen MR) is 91.4 cm³/mol. The summed E-state index contributed by atoms with van der Waals surface area (Å²) in [5.74, 6) is 1.35. The Morgan fingerprint density at radius 1 is 1.35 bits per heavy atom. The molecule has 1 saturated heterocycles. The van der Waals surface area contributed by atoms with Crippen molar-refractivity contribution in [1.82, 2.24) is 10.2 Å². The fourth-order valence-electron chi connectivity index (χ4n) is 2.76. The van der Waals surface area contributed by atoms with Gasteiger partial charge in [0.05, 0.1) is 13.7 Å². The van der Waals surface area contributed by atoms with E-state index >= 15 is 0 Å². The zero-order chi connectivity index (χ0) is 16.8. The van der Waals surface area contributed by atoms with E-state index in [0.717, 1.165) is 25.9 Å². The Labute approximate surface area is 139 Å². The molecule has 1 heterocycles. The number of methoxy groups -OCH3 is 1. The van der Waals surface area contributed by atoms with Crippen LogP contribution in [0.15, 0.2) is 18.2 Å². The maximum Gasteiger partial charge on any atom is 0.254 e. The minimum atomic E-state index is 0.0456. The first-order chi connectivity index (χ1) is 11.1. The third-order valence-corrected chi connectivity index (χ3v) is 4.46. The van der Waals surface area contributed by atoms with E-state index < -0.39 is 0 Å². The fraction of sp³-hybridized carbons (Fsp3) is 0.611. The van der Waals surface area contributed by atoms with Crippen LogP contribution in [-0.2, 0) is 0 Å². The lowest BCUT2D eigenvalue weighted by atomic mass is 10.1. The summed E-state index contributed by atoms with van der Waals surface area (Å²) in [6.45, 7) is 8.52. The van der Waals surface area contributed by atoms with Gasteiger partial charge in [0.25, 0.3) is 5.91 Å². The highest BCUT2D eigenvalue weighted by Crippen LogP contribution is 2.29. The van der Waals surface area contributed by atoms with Gasteiger partial charge in [-0.05, 0) is 38.5 Å². The average molecular weight is 320 g/mol. The molecule has 0 aliphatic carbocycles. The van der Waals surface area contributed by atoms with Crippen LogP contribution in [0.4, 0.5) is 0 Å². The molecule has 2 unspecified atom stereocenters. The molecular formula is C18H28N2O3. The SMILES string of the molecule is CCCCOc1ccc(C(=O)N2CCNC(C)C2C)cc1OC. The summed E-state index contributed by atoms with van der Waals surface area (Å²) >= 11 is 0. The van der Waals surface area contributed by atoms with Gasteiger partial charge in [0.2, 0.25) is 0 Å². The van der Waals surface area contributed by atoms with E-state index in [2.05, 4.69) is 26.1 Å². The summed E-state index contributed by atoms with van der Waals surface area (Å²) in [5.41, 5.74) is 0.644. The molecule has 1 aliphatic rings. The van der Waals surface area contributed by atoms with E-state index in [-0.39, 0.29) is 11.9 Å². The van der Waals surface area contributed by atoms with Gasteiger partial charge in [0.15, 0.2) is 11.5 Å². The van der Waals surface area contributed by atoms with Crippen LogP contribution in [0.5, 0.6) is 11.5 Å². The van der Waals surface area contributed by atoms with Gasteiger partial charge < -0.3 is 19.7 Å². The van der Waals surface area contributed by atoms with Gasteiger partial charge in [-0.2, -0.15) is 0 Å². The molecule has 0 bridgehead atoms. The van der Waals surface area contributed by atoms with Gasteiger partial charge in [-0.25, -0.2) is 0 Å². The molecule has 128 valence electrons. The summed E-state index contributed by atoms with van der Waals surface area (Å²) in [7, 11) is 1.60. The largest absolute Gasteiger partial charge is 0.493 e. The molecule has 1 amide bonds. The van der Waals surface area contributed by atoms with E-state index in [1.807, 2.05) is 17.0 Å². The molecular weight excluding hydrogens is 292 g/mol. The van der Waals surface area contributed by atoms with E-state index in [0.29, 0.717) is 29.7 Å². The molecule has 1 aromatic carbocycles. The second kappa shape index (κ2) is 8.20. The Morgan fingerprint density at radius 3 is 2.83 bits per heavy atom. The maximum absolute atomic E-state index is 12.8. The third-order valence-electron chi connectivity index (χ3n) is 4.46. The number of piperazine rings is 1. The highest BCUT2D eigenvalue weighted by Gasteiger charge is 2.29. The summed E-state index contributed by atoms with van der Waals surface area (Å²) in [5, 5.41) is 3.39. The number of ether oxygens (including phenoxy) is 2. The van der Waals surface area contributed by atoms with Crippen molar-refractivity contribution >= 4 is 5.91 Å². The van der Waals surface area contributed by atoms with E-state index in [4.69, 9.17) is 9.47 Å². The molecule has 5 heteroatoms. The topological polar surface area (TPSA) is 50.8 Å². The summed E-state index contributed by atoms with van der Waals surface area (Å²) in [6.07, 6.45) is 2.08. The molecule has 0 radical (unpaired) electrons. The third kappa shape index (κ3) is 4.16. The van der Waals surface area contributed by atoms with Crippen molar-refractivity contribution in [3.05, 3.63) is 23.8 Å². The lowest BCUT2D eigenvalue weighted by molar-refractivity contribution is 0.0602. The Balaban J connectivity index is 2.14. The van der Waals surface area contributed by atoms with Crippen LogP contribution >= 0.6 is 0 Å². The number of benzene rings is 1. The molecule has 2 atom stereocenters. The molecule has 0 aromatic heterocycles. The highest BCUT2D eigenvalue weighted by atomic mass is 16.5. The number of carbonyl (C=O) groups excluding carboxylic acids is 1. The number of carbonyl (C=O) groups is 1. The fourth-order valence-corrected chi connectivity index (χ4v) is 2.76. The summed E-state index contributed by atoms with van der Waals surface area (Å²) < 4.78 is 11.1. The molecule has 0 spiro atoms. The van der Waals surface area contributed by atoms with Gasteiger partial charge in [-0.1, -0.05) is 13.3 Å². The minimum absolute atomic E-state index is 0.0456. The lowest BCUT2D eigenvalue weighted by Gasteiger charge is -2.38. The first kappa shape index (κ1) is 17.6. The van der Waals surface area contributed by atoms with Crippen LogP contribution in [-0.4, -0.2) is 49.7 Å². The van der Waals surface area contributed by atoms with Crippen LogP contribution in [0.1, 0.15) is 44.0 Å². The zero-order valence-electron chi connectivity index (χ0n) is 14.6. The Kier molecular flexibility index (Phi) is 6.28. The Hall–Kier alpha value is -1.75. The maximum atomic E-state index is 12.8. The Morgan fingerprint density at radius 2 is 2.13 bits per heavy atom. The summed E-state index contributed by atoms with van der Waals surface area (Å²) in [4.78, 5) is 14.7. The monoisotopic (exact) mass is 320 g/mol. The second-order valence-corrected chi connectivity index (χ2v) is 6.05. The van der Waals surface area contributed by atoms with Gasteiger partial charge >= 0.3 is 0 Å². The normalized spacial score (nSPS) is 21.1. The molecule has 1 aliphatic heterocycles. The molecule has 23 heavy (non-hydrogen) atoms. The van der Waals surface area contributed by atoms with Crippen LogP contribution in [0.25, 0.3) is 0 Å². The predicted octanol–water partition coefficient (Wildman–Crippen LogP) is 2.70. The quantitative estimate of drug-likeness (QED) is 0.819. The van der Waals surface area contributed by atoms with E-state index in [9.17, 15) is 4.79 Å². The average Bonchev–Trinajstić information content (AvgIpc) is 2.57.